The van der Waals surface area contributed by atoms with Crippen molar-refractivity contribution >= 4 is 69.1 Å². The minimum Gasteiger partial charge on any atom is -0.481 e. The van der Waals surface area contributed by atoms with Crippen LogP contribution in [0.2, 0.25) is 0 Å². The van der Waals surface area contributed by atoms with Crippen molar-refractivity contribution in [3.8, 4) is 23.5 Å². The molecule has 6 aromatic rings. The van der Waals surface area contributed by atoms with Gasteiger partial charge < -0.3 is 4.74 Å². The number of hydrogen-bond donors (Lipinski definition) is 0. The molecule has 0 amide bonds. The van der Waals surface area contributed by atoms with Crippen LogP contribution in [-0.2, 0) is 11.2 Å². The number of hydrogen-bond acceptors (Lipinski definition) is 3. The highest BCUT2D eigenvalue weighted by atomic mass is 16.5. The molecule has 0 saturated carbocycles. The van der Waals surface area contributed by atoms with Crippen molar-refractivity contribution in [2.45, 2.75) is 26.7 Å². The van der Waals surface area contributed by atoms with Crippen molar-refractivity contribution in [2.24, 2.45) is 9.98 Å². The van der Waals surface area contributed by atoms with Gasteiger partial charge in [-0.25, -0.2) is 4.99 Å². The average molecular weight is 789 g/mol. The molecule has 0 bridgehead atoms. The van der Waals surface area contributed by atoms with E-state index in [1.165, 1.54) is 38.4 Å². The molecule has 0 spiro atoms. The van der Waals surface area contributed by atoms with Crippen molar-refractivity contribution in [1.82, 2.24) is 0 Å². The molecule has 3 heteroatoms. The second-order valence-corrected chi connectivity index (χ2v) is 14.9. The van der Waals surface area contributed by atoms with Gasteiger partial charge in [-0.1, -0.05) is 146 Å². The highest BCUT2D eigenvalue weighted by Crippen LogP contribution is 2.35. The monoisotopic (exact) mass is 788 g/mol. The Hall–Kier alpha value is -7.54. The first-order valence-electron chi connectivity index (χ1n) is 20.8. The lowest BCUT2D eigenvalue weighted by atomic mass is 9.90. The third kappa shape index (κ3) is 8.91. The lowest BCUT2D eigenvalue weighted by Gasteiger charge is -2.14. The average Bonchev–Trinajstić information content (AvgIpc) is 3.74. The molecule has 0 radical (unpaired) electrons. The predicted octanol–water partition coefficient (Wildman–Crippen LogP) is 14.4. The standard InChI is InChI=1S/C58H48N2O/c1-5-16-51-49(38-47-19-11-12-22-52(47)54(51)17-6-2)39-50(34-33-41(7-3)57-40-48-18-9-8-10-21-53(48)55-23-13-14-24-56(55)57)60-58(61-4)46-31-29-45(30-32-46)44-27-25-43(26-28-44)42-20-15-36-59-37-35-42/h1,6-7,9-15,17-36,38-40H,8,16,37H2,2-4H3/b17-6-,34-33-,41-7+,50-39-,60-58-. The Morgan fingerprint density at radius 3 is 2.28 bits per heavy atom. The Kier molecular flexibility index (Phi) is 12.6. The molecule has 296 valence electrons. The molecular weight excluding hydrogens is 741 g/mol. The number of terminal acetylenes is 1. The van der Waals surface area contributed by atoms with E-state index in [1.54, 1.807) is 7.11 Å². The maximum absolute atomic E-state index is 6.08. The molecule has 0 fully saturated rings. The number of allylic oxidation sites excluding steroid dienone is 10. The summed E-state index contributed by atoms with van der Waals surface area (Å²) in [6, 6.07) is 38.7. The first kappa shape index (κ1) is 40.2. The van der Waals surface area contributed by atoms with E-state index >= 15 is 0 Å². The van der Waals surface area contributed by atoms with Crippen molar-refractivity contribution in [2.75, 3.05) is 13.7 Å². The van der Waals surface area contributed by atoms with Gasteiger partial charge >= 0.3 is 0 Å². The van der Waals surface area contributed by atoms with E-state index in [4.69, 9.17) is 16.2 Å². The Labute approximate surface area is 360 Å². The first-order valence-corrected chi connectivity index (χ1v) is 20.8. The molecule has 0 atom stereocenters. The second kappa shape index (κ2) is 19.0. The van der Waals surface area contributed by atoms with E-state index in [0.29, 0.717) is 18.9 Å². The fourth-order valence-electron chi connectivity index (χ4n) is 8.17. The van der Waals surface area contributed by atoms with Gasteiger partial charge in [0.15, 0.2) is 0 Å². The molecular formula is C58H48N2O. The summed E-state index contributed by atoms with van der Waals surface area (Å²) in [5.41, 5.74) is 14.1. The topological polar surface area (TPSA) is 34.0 Å². The van der Waals surface area contributed by atoms with Crippen LogP contribution in [0.15, 0.2) is 180 Å². The van der Waals surface area contributed by atoms with E-state index in [-0.39, 0.29) is 0 Å². The fraction of sp³-hybridized carbons (Fsp3) is 0.103. The van der Waals surface area contributed by atoms with Gasteiger partial charge in [0.25, 0.3) is 0 Å². The molecule has 1 aliphatic heterocycles. The molecule has 0 saturated heterocycles. The van der Waals surface area contributed by atoms with Gasteiger partial charge in [-0.2, -0.15) is 0 Å². The lowest BCUT2D eigenvalue weighted by Crippen LogP contribution is -2.04. The van der Waals surface area contributed by atoms with Crippen LogP contribution in [0.3, 0.4) is 0 Å². The van der Waals surface area contributed by atoms with Crippen LogP contribution in [0.4, 0.5) is 0 Å². The van der Waals surface area contributed by atoms with Crippen molar-refractivity contribution in [3.63, 3.8) is 0 Å². The summed E-state index contributed by atoms with van der Waals surface area (Å²) >= 11 is 0. The highest BCUT2D eigenvalue weighted by Gasteiger charge is 2.15. The number of ether oxygens (including phenoxy) is 1. The van der Waals surface area contributed by atoms with Gasteiger partial charge in [-0.05, 0) is 146 Å². The molecule has 3 nitrogen and oxygen atoms in total. The summed E-state index contributed by atoms with van der Waals surface area (Å²) < 4.78 is 6.08. The van der Waals surface area contributed by atoms with Crippen LogP contribution in [0, 0.1) is 12.3 Å². The maximum Gasteiger partial charge on any atom is 0.220 e. The Bertz CT molecular complexity index is 2970. The smallest absolute Gasteiger partial charge is 0.220 e. The second-order valence-electron chi connectivity index (χ2n) is 14.9. The Morgan fingerprint density at radius 2 is 1.52 bits per heavy atom. The van der Waals surface area contributed by atoms with Crippen LogP contribution in [0.1, 0.15) is 64.8 Å². The molecule has 1 aliphatic carbocycles. The number of nitrogens with zero attached hydrogens (tertiary/aromatic N) is 2. The zero-order chi connectivity index (χ0) is 42.0. The zero-order valence-corrected chi connectivity index (χ0v) is 35.0. The zero-order valence-electron chi connectivity index (χ0n) is 35.0. The number of rotatable bonds is 10. The summed E-state index contributed by atoms with van der Waals surface area (Å²) in [4.78, 5) is 9.60. The molecule has 0 N–H and O–H groups in total. The number of methoxy groups -OCH3 is 1. The van der Waals surface area contributed by atoms with Gasteiger partial charge in [-0.15, -0.1) is 12.3 Å². The Morgan fingerprint density at radius 1 is 0.803 bits per heavy atom. The molecule has 6 aromatic carbocycles. The molecule has 1 heterocycles. The highest BCUT2D eigenvalue weighted by molar-refractivity contribution is 6.03. The number of benzene rings is 6. The summed E-state index contributed by atoms with van der Waals surface area (Å²) in [5, 5.41) is 4.74. The minimum atomic E-state index is 0.475. The third-order valence-corrected chi connectivity index (χ3v) is 11.2. The normalized spacial score (nSPS) is 14.4. The first-order chi connectivity index (χ1) is 30.1. The third-order valence-electron chi connectivity index (χ3n) is 11.2. The van der Waals surface area contributed by atoms with Crippen LogP contribution >= 0.6 is 0 Å². The van der Waals surface area contributed by atoms with Gasteiger partial charge in [0.05, 0.1) is 19.4 Å². The molecule has 8 rings (SSSR count). The summed E-state index contributed by atoms with van der Waals surface area (Å²) in [7, 11) is 1.68. The van der Waals surface area contributed by atoms with Gasteiger partial charge in [0.2, 0.25) is 5.90 Å². The van der Waals surface area contributed by atoms with Crippen molar-refractivity contribution in [1.29, 1.82) is 0 Å². The quantitative estimate of drug-likeness (QED) is 0.0589. The van der Waals surface area contributed by atoms with E-state index in [2.05, 4.69) is 200 Å². The van der Waals surface area contributed by atoms with Crippen molar-refractivity contribution < 1.29 is 4.74 Å². The Balaban J connectivity index is 1.22. The lowest BCUT2D eigenvalue weighted by molar-refractivity contribution is 0.404. The van der Waals surface area contributed by atoms with Crippen LogP contribution < -0.4 is 0 Å². The molecule has 0 unspecified atom stereocenters. The van der Waals surface area contributed by atoms with E-state index < -0.39 is 0 Å². The SMILES string of the molecule is C#CCc1c(/C=C(/C=C\C(=C/C)c2cc3c(c4ccccc24)C=CCC=C3)\N=C(/OC)c2ccc(-c3ccc(C4=CCN=CC=C4)cc3)cc2)cc2ccccc2c1/C=C\C. The fourth-order valence-corrected chi connectivity index (χ4v) is 8.17. The molecule has 2 aliphatic rings. The van der Waals surface area contributed by atoms with E-state index in [9.17, 15) is 0 Å². The largest absolute Gasteiger partial charge is 0.481 e. The molecule has 61 heavy (non-hydrogen) atoms. The van der Waals surface area contributed by atoms with E-state index in [1.807, 2.05) is 19.2 Å². The van der Waals surface area contributed by atoms with Crippen LogP contribution in [0.25, 0.3) is 68.1 Å². The summed E-state index contributed by atoms with van der Waals surface area (Å²) in [6.07, 6.45) is 37.3. The van der Waals surface area contributed by atoms with Gasteiger partial charge in [-0.3, -0.25) is 4.99 Å². The van der Waals surface area contributed by atoms with Crippen LogP contribution in [-0.4, -0.2) is 25.8 Å². The number of fused-ring (bicyclic) bond motifs is 4. The summed E-state index contributed by atoms with van der Waals surface area (Å²) in [5.74, 6) is 3.44. The van der Waals surface area contributed by atoms with Crippen LogP contribution in [0.5, 0.6) is 0 Å². The van der Waals surface area contributed by atoms with Gasteiger partial charge in [0, 0.05) is 18.2 Å². The summed E-state index contributed by atoms with van der Waals surface area (Å²) in [6.45, 7) is 4.82. The van der Waals surface area contributed by atoms with E-state index in [0.717, 1.165) is 62.0 Å². The van der Waals surface area contributed by atoms with Gasteiger partial charge in [0.1, 0.15) is 0 Å². The van der Waals surface area contributed by atoms with Crippen molar-refractivity contribution in [3.05, 3.63) is 214 Å². The minimum absolute atomic E-state index is 0.475. The molecule has 0 aromatic heterocycles. The predicted molar refractivity (Wildman–Crippen MR) is 264 cm³/mol. The number of aliphatic imine (C=N–C) groups is 2. The maximum atomic E-state index is 6.08.